The van der Waals surface area contributed by atoms with E-state index >= 15 is 0 Å². The average Bonchev–Trinajstić information content (AvgIpc) is 2.80. The summed E-state index contributed by atoms with van der Waals surface area (Å²) in [4.78, 5) is 33.0. The first-order valence-corrected chi connectivity index (χ1v) is 16.5. The van der Waals surface area contributed by atoms with E-state index in [0.717, 1.165) is 6.04 Å². The fourth-order valence-electron chi connectivity index (χ4n) is 3.63. The van der Waals surface area contributed by atoms with E-state index in [2.05, 4.69) is 24.6 Å². The van der Waals surface area contributed by atoms with Gasteiger partial charge >= 0.3 is 6.09 Å². The summed E-state index contributed by atoms with van der Waals surface area (Å²) in [7, 11) is 1.53. The summed E-state index contributed by atoms with van der Waals surface area (Å²) in [6.07, 6.45) is 3.66. The minimum atomic E-state index is -1.28. The number of amides is 1. The third-order valence-corrected chi connectivity index (χ3v) is 7.35. The number of methoxy groups -OCH3 is 2. The first kappa shape index (κ1) is 32.4. The molecule has 0 radical (unpaired) electrons. The van der Waals surface area contributed by atoms with Crippen LogP contribution < -0.4 is 18.9 Å². The van der Waals surface area contributed by atoms with Crippen LogP contribution in [0.3, 0.4) is 0 Å². The van der Waals surface area contributed by atoms with Gasteiger partial charge in [0.15, 0.2) is 18.3 Å². The minimum absolute atomic E-state index is 0.0178. The number of rotatable bonds is 15. The summed E-state index contributed by atoms with van der Waals surface area (Å²) in [5, 5.41) is 0. The highest BCUT2D eigenvalue weighted by Crippen LogP contribution is 2.44. The predicted molar refractivity (Wildman–Crippen MR) is 148 cm³/mol. The number of carbonyl (C=O) groups excluding carboxylic acids is 2. The quantitative estimate of drug-likeness (QED) is 0.0857. The minimum Gasteiger partial charge on any atom is -0.489 e. The van der Waals surface area contributed by atoms with Crippen LogP contribution in [-0.2, 0) is 4.74 Å². The predicted octanol–water partition coefficient (Wildman–Crippen LogP) is 6.19. The normalized spacial score (nSPS) is 12.7. The Kier molecular flexibility index (Phi) is 13.1. The molecule has 9 nitrogen and oxygen atoms in total. The van der Waals surface area contributed by atoms with Gasteiger partial charge in [0.25, 0.3) is 5.88 Å². The van der Waals surface area contributed by atoms with E-state index in [9.17, 15) is 9.59 Å². The van der Waals surface area contributed by atoms with Crippen LogP contribution in [0.4, 0.5) is 4.79 Å². The highest BCUT2D eigenvalue weighted by atomic mass is 28.3. The molecule has 1 heterocycles. The van der Waals surface area contributed by atoms with Crippen molar-refractivity contribution in [3.8, 4) is 23.3 Å². The van der Waals surface area contributed by atoms with Crippen molar-refractivity contribution in [2.75, 3.05) is 27.6 Å². The molecule has 1 aromatic heterocycles. The zero-order valence-electron chi connectivity index (χ0n) is 24.5. The molecule has 1 unspecified atom stereocenters. The van der Waals surface area contributed by atoms with Crippen LogP contribution in [0.15, 0.2) is 12.2 Å². The highest BCUT2D eigenvalue weighted by Gasteiger charge is 2.34. The van der Waals surface area contributed by atoms with Crippen molar-refractivity contribution in [2.45, 2.75) is 85.7 Å². The molecule has 0 aliphatic heterocycles. The molecule has 1 atom stereocenters. The van der Waals surface area contributed by atoms with E-state index in [0.29, 0.717) is 13.0 Å². The van der Waals surface area contributed by atoms with Crippen molar-refractivity contribution >= 4 is 20.0 Å². The van der Waals surface area contributed by atoms with Gasteiger partial charge in [-0.2, -0.15) is 4.98 Å². The molecule has 0 bridgehead atoms. The Labute approximate surface area is 223 Å². The fourth-order valence-corrected chi connectivity index (χ4v) is 4.39. The summed E-state index contributed by atoms with van der Waals surface area (Å²) in [6.45, 7) is 18.4. The lowest BCUT2D eigenvalue weighted by Gasteiger charge is -2.30. The SMILES string of the molecule is C/C=C/CC(C)C(=O)c1c(OCOCC[Si](C)(C)C)nc(OC)c(OC)c1OC(=O)N(C(C)C)C(C)C. The van der Waals surface area contributed by atoms with Gasteiger partial charge in [0.05, 0.1) is 14.2 Å². The molecule has 0 saturated carbocycles. The fraction of sp³-hybridized carbons (Fsp3) is 0.667. The zero-order valence-corrected chi connectivity index (χ0v) is 25.5. The van der Waals surface area contributed by atoms with Crippen molar-refractivity contribution in [3.05, 3.63) is 17.7 Å². The molecule has 0 aliphatic rings. The van der Waals surface area contributed by atoms with Crippen LogP contribution in [-0.4, -0.2) is 69.5 Å². The topological polar surface area (TPSA) is 96.4 Å². The second kappa shape index (κ2) is 15.0. The van der Waals surface area contributed by atoms with Crippen LogP contribution in [0.25, 0.3) is 0 Å². The summed E-state index contributed by atoms with van der Waals surface area (Å²) < 4.78 is 28.3. The Morgan fingerprint density at radius 3 is 2.08 bits per heavy atom. The van der Waals surface area contributed by atoms with E-state index < -0.39 is 20.1 Å². The lowest BCUT2D eigenvalue weighted by Crippen LogP contribution is -2.43. The Bertz CT molecular complexity index is 918. The Morgan fingerprint density at radius 2 is 1.59 bits per heavy atom. The molecule has 0 saturated heterocycles. The maximum absolute atomic E-state index is 13.7. The molecule has 1 amide bonds. The highest BCUT2D eigenvalue weighted by molar-refractivity contribution is 6.76. The van der Waals surface area contributed by atoms with Gasteiger partial charge in [0.1, 0.15) is 5.56 Å². The summed E-state index contributed by atoms with van der Waals surface area (Å²) in [6, 6.07) is 0.696. The molecule has 0 aliphatic carbocycles. The van der Waals surface area contributed by atoms with E-state index in [1.807, 2.05) is 46.8 Å². The molecular formula is C27H46N2O7Si. The van der Waals surface area contributed by atoms with E-state index in [-0.39, 0.29) is 53.5 Å². The maximum atomic E-state index is 13.7. The standard InChI is InChI=1S/C27H46N2O7Si/c1-12-13-14-20(6)22(30)21-23(36-27(31)29(18(2)3)19(4)5)24(32-7)26(33-8)28-25(21)35-17-34-15-16-37(9,10)11/h12-13,18-20H,14-17H2,1-11H3/b13-12+. The third kappa shape index (κ3) is 9.66. The van der Waals surface area contributed by atoms with Gasteiger partial charge < -0.3 is 28.6 Å². The number of ketones is 1. The van der Waals surface area contributed by atoms with Crippen molar-refractivity contribution in [1.82, 2.24) is 9.88 Å². The van der Waals surface area contributed by atoms with Crippen LogP contribution in [0.5, 0.6) is 23.3 Å². The molecule has 0 fully saturated rings. The molecule has 210 valence electrons. The number of aromatic nitrogens is 1. The third-order valence-electron chi connectivity index (χ3n) is 5.65. The van der Waals surface area contributed by atoms with Gasteiger partial charge in [-0.25, -0.2) is 4.79 Å². The van der Waals surface area contributed by atoms with Crippen molar-refractivity contribution in [3.63, 3.8) is 0 Å². The molecule has 0 N–H and O–H groups in total. The Morgan fingerprint density at radius 1 is 0.973 bits per heavy atom. The number of hydrogen-bond donors (Lipinski definition) is 0. The zero-order chi connectivity index (χ0) is 28.3. The van der Waals surface area contributed by atoms with Gasteiger partial charge in [-0.3, -0.25) is 4.79 Å². The first-order valence-electron chi connectivity index (χ1n) is 12.8. The Hall–Kier alpha value is -2.59. The molecule has 1 rings (SSSR count). The summed E-state index contributed by atoms with van der Waals surface area (Å²) >= 11 is 0. The van der Waals surface area contributed by atoms with Gasteiger partial charge in [-0.15, -0.1) is 0 Å². The lowest BCUT2D eigenvalue weighted by molar-refractivity contribution is 0.0181. The van der Waals surface area contributed by atoms with Crippen LogP contribution in [0.1, 0.15) is 58.3 Å². The van der Waals surface area contributed by atoms with Gasteiger partial charge in [-0.1, -0.05) is 38.7 Å². The van der Waals surface area contributed by atoms with Gasteiger partial charge in [0.2, 0.25) is 11.6 Å². The van der Waals surface area contributed by atoms with Crippen LogP contribution in [0.2, 0.25) is 25.7 Å². The monoisotopic (exact) mass is 538 g/mol. The molecular weight excluding hydrogens is 492 g/mol. The number of nitrogens with zero attached hydrogens (tertiary/aromatic N) is 2. The largest absolute Gasteiger partial charge is 0.489 e. The maximum Gasteiger partial charge on any atom is 0.415 e. The van der Waals surface area contributed by atoms with Crippen LogP contribution in [0, 0.1) is 5.92 Å². The van der Waals surface area contributed by atoms with Crippen molar-refractivity contribution in [2.24, 2.45) is 5.92 Å². The van der Waals surface area contributed by atoms with Crippen LogP contribution >= 0.6 is 0 Å². The number of carbonyl (C=O) groups is 2. The van der Waals surface area contributed by atoms with Gasteiger partial charge in [0, 0.05) is 32.7 Å². The van der Waals surface area contributed by atoms with Crippen molar-refractivity contribution in [1.29, 1.82) is 0 Å². The molecule has 0 spiro atoms. The Balaban J connectivity index is 3.60. The van der Waals surface area contributed by atoms with E-state index in [1.165, 1.54) is 14.2 Å². The smallest absolute Gasteiger partial charge is 0.415 e. The second-order valence-corrected chi connectivity index (χ2v) is 16.3. The number of pyridine rings is 1. The number of ether oxygens (including phenoxy) is 5. The summed E-state index contributed by atoms with van der Waals surface area (Å²) in [5.74, 6) is -0.786. The molecule has 1 aromatic rings. The number of hydrogen-bond acceptors (Lipinski definition) is 8. The summed E-state index contributed by atoms with van der Waals surface area (Å²) in [5.41, 5.74) is 0.0178. The van der Waals surface area contributed by atoms with E-state index in [4.69, 9.17) is 23.7 Å². The first-order chi connectivity index (χ1) is 17.3. The number of Topliss-reactive ketones (excluding diaryl/α,β-unsaturated/α-hetero) is 1. The lowest BCUT2D eigenvalue weighted by atomic mass is 9.96. The second-order valence-electron chi connectivity index (χ2n) is 10.7. The average molecular weight is 539 g/mol. The van der Waals surface area contributed by atoms with Crippen molar-refractivity contribution < 1.29 is 33.3 Å². The number of allylic oxidation sites excluding steroid dienone is 2. The van der Waals surface area contributed by atoms with E-state index in [1.54, 1.807) is 11.8 Å². The molecule has 37 heavy (non-hydrogen) atoms. The molecule has 10 heteroatoms. The molecule has 0 aromatic carbocycles. The van der Waals surface area contributed by atoms with Gasteiger partial charge in [-0.05, 0) is 47.1 Å².